The van der Waals surface area contributed by atoms with Crippen LogP contribution >= 0.6 is 27.7 Å². The van der Waals surface area contributed by atoms with Crippen LogP contribution < -0.4 is 5.56 Å². The van der Waals surface area contributed by atoms with Gasteiger partial charge in [0.1, 0.15) is 0 Å². The lowest BCUT2D eigenvalue weighted by Crippen LogP contribution is -2.08. The average molecular weight is 343 g/mol. The van der Waals surface area contributed by atoms with Crippen LogP contribution in [0.3, 0.4) is 0 Å². The molecule has 0 amide bonds. The zero-order chi connectivity index (χ0) is 14.0. The molecule has 0 aliphatic rings. The molecule has 0 aromatic carbocycles. The van der Waals surface area contributed by atoms with Gasteiger partial charge in [-0.25, -0.2) is 9.97 Å². The fraction of sp³-hybridized carbons (Fsp3) is 0.100. The Balaban J connectivity index is 2.43. The second kappa shape index (κ2) is 5.49. The molecule has 0 atom stereocenters. The lowest BCUT2D eigenvalue weighted by molar-refractivity contribution is -0.388. The van der Waals surface area contributed by atoms with Crippen LogP contribution in [0.1, 0.15) is 5.69 Å². The number of nitrogens with one attached hydrogen (secondary N) is 1. The highest BCUT2D eigenvalue weighted by Gasteiger charge is 2.18. The molecular formula is C10H7BrN4O3S. The molecule has 98 valence electrons. The summed E-state index contributed by atoms with van der Waals surface area (Å²) in [6.45, 7) is 1.67. The minimum Gasteiger partial charge on any atom is -0.301 e. The number of nitro groups is 1. The highest BCUT2D eigenvalue weighted by Crippen LogP contribution is 2.32. The zero-order valence-electron chi connectivity index (χ0n) is 9.58. The minimum absolute atomic E-state index is 0.150. The third-order valence-corrected chi connectivity index (χ3v) is 3.37. The van der Waals surface area contributed by atoms with Gasteiger partial charge in [-0.3, -0.25) is 14.9 Å². The first-order valence-corrected chi connectivity index (χ1v) is 6.62. The van der Waals surface area contributed by atoms with Crippen LogP contribution in [0.4, 0.5) is 5.69 Å². The van der Waals surface area contributed by atoms with Crippen LogP contribution in [0.5, 0.6) is 0 Å². The van der Waals surface area contributed by atoms with Gasteiger partial charge in [-0.2, -0.15) is 0 Å². The SMILES string of the molecule is Cc1cc(=O)[nH]c(Sc2ncc(Br)cc2[N+](=O)[O-])n1. The first-order valence-electron chi connectivity index (χ1n) is 5.01. The van der Waals surface area contributed by atoms with Crippen molar-refractivity contribution in [1.29, 1.82) is 0 Å². The van der Waals surface area contributed by atoms with E-state index in [0.717, 1.165) is 11.8 Å². The Hall–Kier alpha value is -1.74. The van der Waals surface area contributed by atoms with Crippen LogP contribution in [-0.2, 0) is 0 Å². The summed E-state index contributed by atoms with van der Waals surface area (Å²) in [5.74, 6) is 0. The summed E-state index contributed by atoms with van der Waals surface area (Å²) >= 11 is 4.06. The molecule has 2 rings (SSSR count). The smallest absolute Gasteiger partial charge is 0.301 e. The van der Waals surface area contributed by atoms with Gasteiger partial charge in [0.2, 0.25) is 0 Å². The van der Waals surface area contributed by atoms with Crippen molar-refractivity contribution in [3.05, 3.63) is 49.0 Å². The molecule has 0 unspecified atom stereocenters. The second-order valence-electron chi connectivity index (χ2n) is 3.53. The van der Waals surface area contributed by atoms with Crippen LogP contribution in [0, 0.1) is 17.0 Å². The monoisotopic (exact) mass is 342 g/mol. The van der Waals surface area contributed by atoms with Gasteiger partial charge < -0.3 is 4.98 Å². The van der Waals surface area contributed by atoms with Gasteiger partial charge in [0.05, 0.1) is 4.92 Å². The first-order chi connectivity index (χ1) is 8.95. The van der Waals surface area contributed by atoms with Gasteiger partial charge >= 0.3 is 5.69 Å². The molecule has 0 aliphatic carbocycles. The van der Waals surface area contributed by atoms with Crippen LogP contribution in [-0.4, -0.2) is 19.9 Å². The molecule has 1 N–H and O–H groups in total. The second-order valence-corrected chi connectivity index (χ2v) is 5.42. The van der Waals surface area contributed by atoms with Crippen LogP contribution in [0.15, 0.2) is 37.8 Å². The summed E-state index contributed by atoms with van der Waals surface area (Å²) in [6, 6.07) is 2.69. The number of nitrogens with zero attached hydrogens (tertiary/aromatic N) is 3. The van der Waals surface area contributed by atoms with Gasteiger partial charge in [0, 0.05) is 28.5 Å². The van der Waals surface area contributed by atoms with E-state index in [1.54, 1.807) is 6.92 Å². The van der Waals surface area contributed by atoms with Crippen LogP contribution in [0.25, 0.3) is 0 Å². The minimum atomic E-state index is -0.534. The molecule has 0 radical (unpaired) electrons. The number of hydrogen-bond acceptors (Lipinski definition) is 6. The van der Waals surface area contributed by atoms with E-state index >= 15 is 0 Å². The molecule has 0 fully saturated rings. The normalized spacial score (nSPS) is 10.4. The summed E-state index contributed by atoms with van der Waals surface area (Å²) in [5.41, 5.74) is 0.0734. The lowest BCUT2D eigenvalue weighted by Gasteiger charge is -2.02. The van der Waals surface area contributed by atoms with E-state index in [4.69, 9.17) is 0 Å². The topological polar surface area (TPSA) is 102 Å². The third kappa shape index (κ3) is 3.38. The molecule has 2 aromatic rings. The molecule has 0 saturated heterocycles. The Bertz CT molecular complexity index is 703. The molecule has 2 heterocycles. The highest BCUT2D eigenvalue weighted by molar-refractivity contribution is 9.10. The number of halogens is 1. The molecule has 9 heteroatoms. The molecule has 0 saturated carbocycles. The Morgan fingerprint density at radius 2 is 2.21 bits per heavy atom. The van der Waals surface area contributed by atoms with Crippen molar-refractivity contribution in [3.63, 3.8) is 0 Å². The highest BCUT2D eigenvalue weighted by atomic mass is 79.9. The molecular weight excluding hydrogens is 336 g/mol. The number of hydrogen-bond donors (Lipinski definition) is 1. The van der Waals surface area contributed by atoms with Gasteiger partial charge in [0.15, 0.2) is 10.2 Å². The summed E-state index contributed by atoms with van der Waals surface area (Å²) in [4.78, 5) is 32.3. The van der Waals surface area contributed by atoms with E-state index in [1.807, 2.05) is 0 Å². The maximum Gasteiger partial charge on any atom is 0.302 e. The van der Waals surface area contributed by atoms with Gasteiger partial charge in [-0.05, 0) is 34.6 Å². The van der Waals surface area contributed by atoms with Crippen molar-refractivity contribution in [2.75, 3.05) is 0 Å². The Labute approximate surface area is 119 Å². The molecule has 0 aliphatic heterocycles. The Morgan fingerprint density at radius 1 is 1.47 bits per heavy atom. The fourth-order valence-corrected chi connectivity index (χ4v) is 2.50. The lowest BCUT2D eigenvalue weighted by atomic mass is 10.4. The average Bonchev–Trinajstić information content (AvgIpc) is 2.30. The summed E-state index contributed by atoms with van der Waals surface area (Å²) in [6.07, 6.45) is 1.45. The van der Waals surface area contributed by atoms with E-state index in [0.29, 0.717) is 10.2 Å². The predicted octanol–water partition coefficient (Wildman–Crippen LogP) is 2.30. The maximum absolute atomic E-state index is 11.3. The quantitative estimate of drug-likeness (QED) is 0.521. The molecule has 2 aromatic heterocycles. The summed E-state index contributed by atoms with van der Waals surface area (Å²) < 4.78 is 0.509. The molecule has 0 spiro atoms. The van der Waals surface area contributed by atoms with Gasteiger partial charge in [-0.15, -0.1) is 0 Å². The number of pyridine rings is 1. The maximum atomic E-state index is 11.3. The molecule has 0 bridgehead atoms. The number of aromatic nitrogens is 3. The van der Waals surface area contributed by atoms with Crippen molar-refractivity contribution in [2.24, 2.45) is 0 Å². The number of aromatic amines is 1. The van der Waals surface area contributed by atoms with E-state index < -0.39 is 4.92 Å². The van der Waals surface area contributed by atoms with Gasteiger partial charge in [0.25, 0.3) is 5.56 Å². The number of aryl methyl sites for hydroxylation is 1. The summed E-state index contributed by atoms with van der Waals surface area (Å²) in [7, 11) is 0. The molecule has 19 heavy (non-hydrogen) atoms. The van der Waals surface area contributed by atoms with E-state index in [2.05, 4.69) is 30.9 Å². The van der Waals surface area contributed by atoms with Crippen molar-refractivity contribution < 1.29 is 4.92 Å². The largest absolute Gasteiger partial charge is 0.302 e. The van der Waals surface area contributed by atoms with Crippen molar-refractivity contribution in [1.82, 2.24) is 15.0 Å². The Morgan fingerprint density at radius 3 is 2.84 bits per heavy atom. The molecule has 7 nitrogen and oxygen atoms in total. The van der Waals surface area contributed by atoms with E-state index in [1.165, 1.54) is 18.3 Å². The first kappa shape index (κ1) is 13.7. The zero-order valence-corrected chi connectivity index (χ0v) is 12.0. The van der Waals surface area contributed by atoms with Crippen LogP contribution in [0.2, 0.25) is 0 Å². The van der Waals surface area contributed by atoms with Crippen molar-refractivity contribution in [2.45, 2.75) is 17.1 Å². The van der Waals surface area contributed by atoms with E-state index in [-0.39, 0.29) is 21.4 Å². The standard InChI is InChI=1S/C10H7BrN4O3S/c1-5-2-8(16)14-10(13-5)19-9-7(15(17)18)3-6(11)4-12-9/h2-4H,1H3,(H,13,14,16). The van der Waals surface area contributed by atoms with Crippen molar-refractivity contribution >= 4 is 33.4 Å². The summed E-state index contributed by atoms with van der Waals surface area (Å²) in [5, 5.41) is 11.4. The van der Waals surface area contributed by atoms with E-state index in [9.17, 15) is 14.9 Å². The van der Waals surface area contributed by atoms with Gasteiger partial charge in [-0.1, -0.05) is 0 Å². The predicted molar refractivity (Wildman–Crippen MR) is 72.3 cm³/mol. The third-order valence-electron chi connectivity index (χ3n) is 2.04. The Kier molecular flexibility index (Phi) is 3.96. The number of rotatable bonds is 3. The van der Waals surface area contributed by atoms with Crippen molar-refractivity contribution in [3.8, 4) is 0 Å². The number of H-pyrrole nitrogens is 1. The fourth-order valence-electron chi connectivity index (χ4n) is 1.32.